The molecule has 2 aromatic rings. The Labute approximate surface area is 141 Å². The highest BCUT2D eigenvalue weighted by molar-refractivity contribution is 6.01. The number of ether oxygens (including phenoxy) is 2. The zero-order valence-electron chi connectivity index (χ0n) is 13.9. The third kappa shape index (κ3) is 3.32. The van der Waals surface area contributed by atoms with Crippen LogP contribution in [0.3, 0.4) is 0 Å². The lowest BCUT2D eigenvalue weighted by molar-refractivity contribution is 0.0318. The van der Waals surface area contributed by atoms with Gasteiger partial charge in [0.1, 0.15) is 5.75 Å². The summed E-state index contributed by atoms with van der Waals surface area (Å²) in [5, 5.41) is 0. The number of rotatable bonds is 5. The second-order valence-corrected chi connectivity index (χ2v) is 5.98. The molecule has 0 spiro atoms. The fourth-order valence-electron chi connectivity index (χ4n) is 2.99. The molecule has 0 unspecified atom stereocenters. The van der Waals surface area contributed by atoms with Crippen LogP contribution in [0.1, 0.15) is 45.2 Å². The average molecular weight is 324 g/mol. The van der Waals surface area contributed by atoms with Crippen molar-refractivity contribution in [2.45, 2.75) is 32.3 Å². The molecule has 3 rings (SSSR count). The van der Waals surface area contributed by atoms with Gasteiger partial charge in [0.25, 0.3) is 0 Å². The minimum Gasteiger partial charge on any atom is -0.497 e. The number of ketones is 1. The lowest BCUT2D eigenvalue weighted by Gasteiger charge is -2.13. The van der Waals surface area contributed by atoms with Gasteiger partial charge >= 0.3 is 5.97 Å². The Morgan fingerprint density at radius 2 is 1.79 bits per heavy atom. The van der Waals surface area contributed by atoms with E-state index < -0.39 is 12.1 Å². The van der Waals surface area contributed by atoms with Gasteiger partial charge in [-0.1, -0.05) is 18.2 Å². The number of methoxy groups -OCH3 is 1. The molecule has 0 bridgehead atoms. The Morgan fingerprint density at radius 1 is 1.00 bits per heavy atom. The summed E-state index contributed by atoms with van der Waals surface area (Å²) in [6.45, 7) is 1.60. The molecule has 0 amide bonds. The second kappa shape index (κ2) is 6.87. The number of Topliss-reactive ketones (excluding diaryl/α,β-unsaturated/α-hetero) is 1. The first-order chi connectivity index (χ1) is 11.6. The van der Waals surface area contributed by atoms with Crippen molar-refractivity contribution in [3.8, 4) is 5.75 Å². The maximum Gasteiger partial charge on any atom is 0.338 e. The predicted molar refractivity (Wildman–Crippen MR) is 90.7 cm³/mol. The summed E-state index contributed by atoms with van der Waals surface area (Å²) in [6, 6.07) is 12.4. The van der Waals surface area contributed by atoms with Crippen LogP contribution in [0.15, 0.2) is 42.5 Å². The molecule has 0 saturated heterocycles. The van der Waals surface area contributed by atoms with Crippen molar-refractivity contribution in [1.82, 2.24) is 0 Å². The maximum absolute atomic E-state index is 12.5. The van der Waals surface area contributed by atoms with Crippen LogP contribution in [0.25, 0.3) is 0 Å². The van der Waals surface area contributed by atoms with Gasteiger partial charge in [0, 0.05) is 5.56 Å². The minimum absolute atomic E-state index is 0.180. The molecule has 1 aliphatic carbocycles. The van der Waals surface area contributed by atoms with Crippen LogP contribution in [0, 0.1) is 0 Å². The third-order valence-electron chi connectivity index (χ3n) is 4.34. The highest BCUT2D eigenvalue weighted by Crippen LogP contribution is 2.24. The predicted octanol–water partition coefficient (Wildman–Crippen LogP) is 3.61. The van der Waals surface area contributed by atoms with Crippen molar-refractivity contribution < 1.29 is 19.1 Å². The summed E-state index contributed by atoms with van der Waals surface area (Å²) < 4.78 is 10.4. The fraction of sp³-hybridized carbons (Fsp3) is 0.300. The summed E-state index contributed by atoms with van der Waals surface area (Å²) in [5.41, 5.74) is 3.50. The van der Waals surface area contributed by atoms with E-state index in [2.05, 4.69) is 0 Å². The van der Waals surface area contributed by atoms with E-state index in [-0.39, 0.29) is 5.78 Å². The molecule has 0 heterocycles. The summed E-state index contributed by atoms with van der Waals surface area (Å²) in [6.07, 6.45) is 2.38. The molecule has 0 aliphatic heterocycles. The molecule has 124 valence electrons. The van der Waals surface area contributed by atoms with E-state index in [1.54, 1.807) is 31.2 Å². The number of aryl methyl sites for hydroxylation is 2. The molecule has 1 aliphatic rings. The van der Waals surface area contributed by atoms with Crippen LogP contribution in [-0.4, -0.2) is 25.0 Å². The molecular formula is C20H20O4. The van der Waals surface area contributed by atoms with E-state index in [0.29, 0.717) is 16.9 Å². The number of carbonyl (C=O) groups is 2. The molecule has 2 aromatic carbocycles. The summed E-state index contributed by atoms with van der Waals surface area (Å²) in [7, 11) is 1.53. The fourth-order valence-corrected chi connectivity index (χ4v) is 2.99. The van der Waals surface area contributed by atoms with Crippen LogP contribution in [0.5, 0.6) is 5.75 Å². The summed E-state index contributed by atoms with van der Waals surface area (Å²) in [5.74, 6) is -0.140. The van der Waals surface area contributed by atoms with Gasteiger partial charge < -0.3 is 9.47 Å². The van der Waals surface area contributed by atoms with Crippen molar-refractivity contribution in [2.24, 2.45) is 0 Å². The monoisotopic (exact) mass is 324 g/mol. The van der Waals surface area contributed by atoms with Gasteiger partial charge in [-0.25, -0.2) is 4.79 Å². The first-order valence-corrected chi connectivity index (χ1v) is 8.09. The standard InChI is InChI=1S/C20H20O4/c1-13(24-20(22)17-7-4-8-18(12-17)23-2)19(21)16-10-9-14-5-3-6-15(14)11-16/h4,7-13H,3,5-6H2,1-2H3/t13-/m0/s1. The SMILES string of the molecule is COc1cccc(C(=O)O[C@@H](C)C(=O)c2ccc3c(c2)CCC3)c1. The molecule has 4 nitrogen and oxygen atoms in total. The number of esters is 1. The molecule has 0 radical (unpaired) electrons. The topological polar surface area (TPSA) is 52.6 Å². The molecule has 0 saturated carbocycles. The first kappa shape index (κ1) is 16.2. The van der Waals surface area contributed by atoms with Gasteiger partial charge in [-0.3, -0.25) is 4.79 Å². The number of carbonyl (C=O) groups excluding carboxylic acids is 2. The van der Waals surface area contributed by atoms with Crippen LogP contribution >= 0.6 is 0 Å². The van der Waals surface area contributed by atoms with Crippen molar-refractivity contribution in [3.05, 3.63) is 64.7 Å². The quantitative estimate of drug-likeness (QED) is 0.623. The molecular weight excluding hydrogens is 304 g/mol. The van der Waals surface area contributed by atoms with Crippen LogP contribution in [0.2, 0.25) is 0 Å². The molecule has 0 N–H and O–H groups in total. The Morgan fingerprint density at radius 3 is 2.58 bits per heavy atom. The molecule has 24 heavy (non-hydrogen) atoms. The van der Waals surface area contributed by atoms with Crippen LogP contribution in [0.4, 0.5) is 0 Å². The van der Waals surface area contributed by atoms with E-state index in [0.717, 1.165) is 19.3 Å². The van der Waals surface area contributed by atoms with E-state index in [1.807, 2.05) is 18.2 Å². The van der Waals surface area contributed by atoms with E-state index in [9.17, 15) is 9.59 Å². The van der Waals surface area contributed by atoms with Gasteiger partial charge in [0.2, 0.25) is 5.78 Å². The lowest BCUT2D eigenvalue weighted by atomic mass is 10.0. The number of hydrogen-bond donors (Lipinski definition) is 0. The highest BCUT2D eigenvalue weighted by Gasteiger charge is 2.22. The molecule has 0 aromatic heterocycles. The highest BCUT2D eigenvalue weighted by atomic mass is 16.5. The molecule has 1 atom stereocenters. The minimum atomic E-state index is -0.830. The normalized spacial score (nSPS) is 13.9. The van der Waals surface area contributed by atoms with Gasteiger partial charge in [-0.05, 0) is 61.6 Å². The Hall–Kier alpha value is -2.62. The van der Waals surface area contributed by atoms with Gasteiger partial charge in [0.15, 0.2) is 6.10 Å². The van der Waals surface area contributed by atoms with Crippen molar-refractivity contribution in [2.75, 3.05) is 7.11 Å². The Kier molecular flexibility index (Phi) is 4.65. The third-order valence-corrected chi connectivity index (χ3v) is 4.34. The number of benzene rings is 2. The smallest absolute Gasteiger partial charge is 0.338 e. The van der Waals surface area contributed by atoms with Gasteiger partial charge in [-0.2, -0.15) is 0 Å². The summed E-state index contributed by atoms with van der Waals surface area (Å²) >= 11 is 0. The Bertz CT molecular complexity index is 779. The average Bonchev–Trinajstić information content (AvgIpc) is 3.08. The van der Waals surface area contributed by atoms with Crippen molar-refractivity contribution in [3.63, 3.8) is 0 Å². The Balaban J connectivity index is 1.70. The van der Waals surface area contributed by atoms with Gasteiger partial charge in [-0.15, -0.1) is 0 Å². The van der Waals surface area contributed by atoms with E-state index >= 15 is 0 Å². The summed E-state index contributed by atoms with van der Waals surface area (Å²) in [4.78, 5) is 24.7. The van der Waals surface area contributed by atoms with E-state index in [1.165, 1.54) is 18.2 Å². The molecule has 0 fully saturated rings. The lowest BCUT2D eigenvalue weighted by Crippen LogP contribution is -2.24. The first-order valence-electron chi connectivity index (χ1n) is 8.09. The van der Waals surface area contributed by atoms with Crippen LogP contribution in [-0.2, 0) is 17.6 Å². The van der Waals surface area contributed by atoms with Crippen molar-refractivity contribution >= 4 is 11.8 Å². The largest absolute Gasteiger partial charge is 0.497 e. The molecule has 4 heteroatoms. The zero-order chi connectivity index (χ0) is 17.1. The maximum atomic E-state index is 12.5. The second-order valence-electron chi connectivity index (χ2n) is 5.98. The van der Waals surface area contributed by atoms with Crippen LogP contribution < -0.4 is 4.74 Å². The zero-order valence-corrected chi connectivity index (χ0v) is 13.9. The van der Waals surface area contributed by atoms with Crippen molar-refractivity contribution in [1.29, 1.82) is 0 Å². The number of fused-ring (bicyclic) bond motifs is 1. The number of hydrogen-bond acceptors (Lipinski definition) is 4. The van der Waals surface area contributed by atoms with E-state index in [4.69, 9.17) is 9.47 Å². The van der Waals surface area contributed by atoms with Gasteiger partial charge in [0.05, 0.1) is 12.7 Å².